The van der Waals surface area contributed by atoms with E-state index in [1.807, 2.05) is 0 Å². The molecule has 0 spiro atoms. The van der Waals surface area contributed by atoms with Crippen molar-refractivity contribution >= 4 is 34.2 Å². The number of methoxy groups -OCH3 is 1. The monoisotopic (exact) mass is 367 g/mol. The number of pyridine rings is 1. The van der Waals surface area contributed by atoms with E-state index in [4.69, 9.17) is 16.3 Å². The van der Waals surface area contributed by atoms with Crippen molar-refractivity contribution in [3.8, 4) is 11.5 Å². The van der Waals surface area contributed by atoms with Gasteiger partial charge in [-0.3, -0.25) is 4.98 Å². The van der Waals surface area contributed by atoms with Gasteiger partial charge in [-0.1, -0.05) is 0 Å². The van der Waals surface area contributed by atoms with Gasteiger partial charge in [-0.15, -0.1) is 24.8 Å². The molecule has 8 heteroatoms. The summed E-state index contributed by atoms with van der Waals surface area (Å²) in [7, 11) is 1.33. The largest absolute Gasteiger partial charge is 0.573 e. The lowest BCUT2D eigenvalue weighted by molar-refractivity contribution is -0.275. The molecule has 0 unspecified atom stereocenters. The molecule has 16 heavy (non-hydrogen) atoms. The van der Waals surface area contributed by atoms with Gasteiger partial charge in [-0.25, -0.2) is 0 Å². The molecule has 0 N–H and O–H groups in total. The summed E-state index contributed by atoms with van der Waals surface area (Å²) in [6.07, 6.45) is -3.49. The molecule has 0 aliphatic carbocycles. The quantitative estimate of drug-likeness (QED) is 0.607. The summed E-state index contributed by atoms with van der Waals surface area (Å²) in [5, 5.41) is 0. The van der Waals surface area contributed by atoms with Crippen molar-refractivity contribution in [1.29, 1.82) is 0 Å². The highest BCUT2D eigenvalue weighted by Gasteiger charge is 2.34. The predicted molar refractivity (Wildman–Crippen MR) is 59.7 cm³/mol. The van der Waals surface area contributed by atoms with E-state index in [0.29, 0.717) is 0 Å². The van der Waals surface area contributed by atoms with Crippen LogP contribution in [0.25, 0.3) is 0 Å². The lowest BCUT2D eigenvalue weighted by atomic mass is 10.3. The Labute approximate surface area is 108 Å². The van der Waals surface area contributed by atoms with Gasteiger partial charge in [0.25, 0.3) is 0 Å². The first-order valence-corrected chi connectivity index (χ1v) is 5.53. The van der Waals surface area contributed by atoms with Crippen LogP contribution in [0.4, 0.5) is 13.2 Å². The summed E-state index contributed by atoms with van der Waals surface area (Å²) >= 11 is 7.16. The first-order chi connectivity index (χ1) is 7.39. The Morgan fingerprint density at radius 2 is 2.12 bits per heavy atom. The zero-order chi connectivity index (χ0) is 12.3. The lowest BCUT2D eigenvalue weighted by Gasteiger charge is -2.14. The molecule has 0 fully saturated rings. The van der Waals surface area contributed by atoms with E-state index in [2.05, 4.69) is 9.72 Å². The number of hydrogen-bond donors (Lipinski definition) is 0. The van der Waals surface area contributed by atoms with Crippen LogP contribution in [0.15, 0.2) is 6.20 Å². The standard InChI is InChI=1S/C8H6ClF3INO2/c1-15-5-3-14-4(2-9)7(6(5)13)16-8(10,11)12/h3H,2H2,1H3. The highest BCUT2D eigenvalue weighted by molar-refractivity contribution is 14.1. The highest BCUT2D eigenvalue weighted by Crippen LogP contribution is 2.35. The summed E-state index contributed by atoms with van der Waals surface area (Å²) in [5.41, 5.74) is 0.0178. The molecule has 3 nitrogen and oxygen atoms in total. The second-order valence-electron chi connectivity index (χ2n) is 2.60. The van der Waals surface area contributed by atoms with Crippen molar-refractivity contribution in [3.63, 3.8) is 0 Å². The minimum absolute atomic E-state index is 0.0178. The van der Waals surface area contributed by atoms with E-state index in [1.54, 1.807) is 22.6 Å². The van der Waals surface area contributed by atoms with Crippen molar-refractivity contribution in [1.82, 2.24) is 4.98 Å². The number of alkyl halides is 4. The average Bonchev–Trinajstić information content (AvgIpc) is 2.19. The lowest BCUT2D eigenvalue weighted by Crippen LogP contribution is -2.19. The fourth-order valence-corrected chi connectivity index (χ4v) is 1.92. The minimum atomic E-state index is -4.78. The van der Waals surface area contributed by atoms with Gasteiger partial charge in [0, 0.05) is 0 Å². The maximum atomic E-state index is 12.1. The SMILES string of the molecule is COc1cnc(CCl)c(OC(F)(F)F)c1I. The van der Waals surface area contributed by atoms with Crippen molar-refractivity contribution in [2.24, 2.45) is 0 Å². The molecule has 0 saturated heterocycles. The highest BCUT2D eigenvalue weighted by atomic mass is 127. The molecule has 1 heterocycles. The van der Waals surface area contributed by atoms with Crippen molar-refractivity contribution in [3.05, 3.63) is 15.5 Å². The van der Waals surface area contributed by atoms with Crippen LogP contribution < -0.4 is 9.47 Å². The van der Waals surface area contributed by atoms with Crippen LogP contribution in [0.3, 0.4) is 0 Å². The molecule has 0 bridgehead atoms. The molecule has 0 aliphatic heterocycles. The molecule has 0 aromatic carbocycles. The van der Waals surface area contributed by atoms with Gasteiger partial charge in [-0.2, -0.15) is 0 Å². The van der Waals surface area contributed by atoms with E-state index in [-0.39, 0.29) is 20.9 Å². The van der Waals surface area contributed by atoms with Crippen molar-refractivity contribution in [2.45, 2.75) is 12.2 Å². The van der Waals surface area contributed by atoms with Crippen LogP contribution in [-0.4, -0.2) is 18.5 Å². The molecule has 0 atom stereocenters. The Morgan fingerprint density at radius 1 is 1.50 bits per heavy atom. The third kappa shape index (κ3) is 3.27. The smallest absolute Gasteiger partial charge is 0.494 e. The van der Waals surface area contributed by atoms with Crippen LogP contribution in [0.5, 0.6) is 11.5 Å². The molecule has 1 aromatic heterocycles. The maximum absolute atomic E-state index is 12.1. The zero-order valence-corrected chi connectivity index (χ0v) is 10.9. The molecule has 0 aliphatic rings. The number of halogens is 5. The second kappa shape index (κ2) is 5.26. The van der Waals surface area contributed by atoms with Crippen LogP contribution in [-0.2, 0) is 5.88 Å². The fraction of sp³-hybridized carbons (Fsp3) is 0.375. The number of nitrogens with zero attached hydrogens (tertiary/aromatic N) is 1. The second-order valence-corrected chi connectivity index (χ2v) is 3.94. The molecule has 0 amide bonds. The first-order valence-electron chi connectivity index (χ1n) is 3.92. The fourth-order valence-electron chi connectivity index (χ4n) is 0.947. The topological polar surface area (TPSA) is 31.4 Å². The van der Waals surface area contributed by atoms with Gasteiger partial charge in [0.15, 0.2) is 11.5 Å². The molecule has 90 valence electrons. The zero-order valence-electron chi connectivity index (χ0n) is 7.94. The summed E-state index contributed by atoms with van der Waals surface area (Å²) < 4.78 is 45.3. The molecule has 1 aromatic rings. The third-order valence-electron chi connectivity index (χ3n) is 1.58. The minimum Gasteiger partial charge on any atom is -0.494 e. The van der Waals surface area contributed by atoms with E-state index in [9.17, 15) is 13.2 Å². The Hall–Kier alpha value is -0.440. The molecular formula is C8H6ClF3INO2. The van der Waals surface area contributed by atoms with Gasteiger partial charge in [0.1, 0.15) is 3.57 Å². The van der Waals surface area contributed by atoms with E-state index >= 15 is 0 Å². The van der Waals surface area contributed by atoms with Gasteiger partial charge >= 0.3 is 6.36 Å². The van der Waals surface area contributed by atoms with Crippen molar-refractivity contribution < 1.29 is 22.6 Å². The van der Waals surface area contributed by atoms with Crippen LogP contribution in [0.1, 0.15) is 5.69 Å². The summed E-state index contributed by atoms with van der Waals surface area (Å²) in [6, 6.07) is 0. The number of hydrogen-bond acceptors (Lipinski definition) is 3. The van der Waals surface area contributed by atoms with E-state index in [1.165, 1.54) is 13.3 Å². The van der Waals surface area contributed by atoms with Crippen LogP contribution in [0.2, 0.25) is 0 Å². The Bertz CT molecular complexity index is 386. The first kappa shape index (κ1) is 13.6. The van der Waals surface area contributed by atoms with Crippen LogP contribution in [0, 0.1) is 3.57 Å². The molecule has 1 rings (SSSR count). The van der Waals surface area contributed by atoms with Crippen molar-refractivity contribution in [2.75, 3.05) is 7.11 Å². The maximum Gasteiger partial charge on any atom is 0.573 e. The summed E-state index contributed by atoms with van der Waals surface area (Å²) in [4.78, 5) is 3.73. The average molecular weight is 367 g/mol. The molecular weight excluding hydrogens is 361 g/mol. The Balaban J connectivity index is 3.21. The Morgan fingerprint density at radius 3 is 2.56 bits per heavy atom. The number of rotatable bonds is 3. The van der Waals surface area contributed by atoms with Gasteiger partial charge < -0.3 is 9.47 Å². The van der Waals surface area contributed by atoms with Gasteiger partial charge in [0.2, 0.25) is 0 Å². The normalized spacial score (nSPS) is 11.4. The Kier molecular flexibility index (Phi) is 4.48. The predicted octanol–water partition coefficient (Wildman–Crippen LogP) is 3.33. The number of ether oxygens (including phenoxy) is 2. The van der Waals surface area contributed by atoms with E-state index < -0.39 is 12.1 Å². The molecule has 0 saturated carbocycles. The van der Waals surface area contributed by atoms with Gasteiger partial charge in [-0.05, 0) is 22.6 Å². The van der Waals surface area contributed by atoms with Gasteiger partial charge in [0.05, 0.1) is 24.9 Å². The summed E-state index contributed by atoms with van der Waals surface area (Å²) in [6.45, 7) is 0. The molecule has 0 radical (unpaired) electrons. The van der Waals surface area contributed by atoms with Crippen LogP contribution >= 0.6 is 34.2 Å². The van der Waals surface area contributed by atoms with E-state index in [0.717, 1.165) is 0 Å². The summed E-state index contributed by atoms with van der Waals surface area (Å²) in [5.74, 6) is -0.387. The third-order valence-corrected chi connectivity index (χ3v) is 2.85. The number of aromatic nitrogens is 1.